The Kier molecular flexibility index (Phi) is 7.97. The van der Waals surface area contributed by atoms with Crippen LogP contribution in [0.4, 0.5) is 10.5 Å². The van der Waals surface area contributed by atoms with Crippen molar-refractivity contribution in [2.45, 2.75) is 71.8 Å². The molecule has 35 heavy (non-hydrogen) atoms. The first-order chi connectivity index (χ1) is 16.4. The minimum atomic E-state index is -0.955. The van der Waals surface area contributed by atoms with E-state index >= 15 is 0 Å². The normalized spacial score (nSPS) is 22.2. The van der Waals surface area contributed by atoms with E-state index in [-0.39, 0.29) is 11.3 Å². The smallest absolute Gasteiger partial charge is 0.326 e. The number of ether oxygens (including phenoxy) is 1. The zero-order valence-electron chi connectivity index (χ0n) is 20.9. The molecule has 1 aliphatic carbocycles. The maximum absolute atomic E-state index is 13.0. The average molecular weight is 486 g/mol. The van der Waals surface area contributed by atoms with Crippen molar-refractivity contribution in [3.63, 3.8) is 0 Å². The molecule has 9 nitrogen and oxygen atoms in total. The summed E-state index contributed by atoms with van der Waals surface area (Å²) < 4.78 is 5.05. The number of carbonyl (C=O) groups is 5. The second-order valence-corrected chi connectivity index (χ2v) is 10.5. The molecule has 2 N–H and O–H groups in total. The molecule has 1 heterocycles. The van der Waals surface area contributed by atoms with Crippen LogP contribution >= 0.6 is 0 Å². The second-order valence-electron chi connectivity index (χ2n) is 10.5. The average Bonchev–Trinajstić information content (AvgIpc) is 3.01. The summed E-state index contributed by atoms with van der Waals surface area (Å²) in [6.07, 6.45) is 3.87. The van der Waals surface area contributed by atoms with Crippen molar-refractivity contribution in [1.29, 1.82) is 0 Å². The lowest BCUT2D eigenvalue weighted by molar-refractivity contribution is -0.147. The van der Waals surface area contributed by atoms with Crippen LogP contribution in [0.25, 0.3) is 0 Å². The zero-order valence-corrected chi connectivity index (χ0v) is 20.9. The van der Waals surface area contributed by atoms with E-state index in [0.717, 1.165) is 24.2 Å². The van der Waals surface area contributed by atoms with Gasteiger partial charge in [-0.1, -0.05) is 27.7 Å². The highest BCUT2D eigenvalue weighted by atomic mass is 16.5. The number of amides is 4. The summed E-state index contributed by atoms with van der Waals surface area (Å²) in [7, 11) is 0. The van der Waals surface area contributed by atoms with Gasteiger partial charge in [-0.05, 0) is 67.7 Å². The standard InChI is InChI=1S/C26H35N3O6/c1-5-6-21(31)27-19-9-7-17(8-10-19)20(30)16-35-22(32)15-29-23(33)26(28-24(29)34)13-11-18(12-14-26)25(2,3)4/h7-10,18H,5-6,11-16H2,1-4H3,(H,27,31)(H,28,34). The van der Waals surface area contributed by atoms with Crippen LogP contribution in [0.5, 0.6) is 0 Å². The molecule has 1 saturated carbocycles. The Morgan fingerprint density at radius 2 is 1.74 bits per heavy atom. The molecule has 2 fully saturated rings. The number of urea groups is 1. The van der Waals surface area contributed by atoms with Crippen molar-refractivity contribution < 1.29 is 28.7 Å². The van der Waals surface area contributed by atoms with Gasteiger partial charge in [-0.15, -0.1) is 0 Å². The Morgan fingerprint density at radius 3 is 2.31 bits per heavy atom. The van der Waals surface area contributed by atoms with Crippen LogP contribution in [0.1, 0.15) is 76.6 Å². The van der Waals surface area contributed by atoms with Crippen molar-refractivity contribution in [3.8, 4) is 0 Å². The topological polar surface area (TPSA) is 122 Å². The van der Waals surface area contributed by atoms with Crippen LogP contribution in [0, 0.1) is 11.3 Å². The molecule has 4 amide bonds. The van der Waals surface area contributed by atoms with Gasteiger partial charge in [0.05, 0.1) is 0 Å². The highest BCUT2D eigenvalue weighted by Gasteiger charge is 2.53. The summed E-state index contributed by atoms with van der Waals surface area (Å²) in [5, 5.41) is 5.53. The fourth-order valence-electron chi connectivity index (χ4n) is 4.73. The first kappa shape index (κ1) is 26.4. The SMILES string of the molecule is CCCC(=O)Nc1ccc(C(=O)COC(=O)CN2C(=O)NC3(CCC(C(C)(C)C)CC3)C2=O)cc1. The highest BCUT2D eigenvalue weighted by Crippen LogP contribution is 2.43. The van der Waals surface area contributed by atoms with Gasteiger partial charge in [0, 0.05) is 17.7 Å². The molecule has 9 heteroatoms. The quantitative estimate of drug-likeness (QED) is 0.329. The van der Waals surface area contributed by atoms with Crippen LogP contribution in [0.15, 0.2) is 24.3 Å². The van der Waals surface area contributed by atoms with Crippen LogP contribution in [0.2, 0.25) is 0 Å². The number of carbonyl (C=O) groups excluding carboxylic acids is 5. The summed E-state index contributed by atoms with van der Waals surface area (Å²) in [6, 6.07) is 5.67. The van der Waals surface area contributed by atoms with E-state index < -0.39 is 42.4 Å². The van der Waals surface area contributed by atoms with Crippen LogP contribution in [0.3, 0.4) is 0 Å². The highest BCUT2D eigenvalue weighted by molar-refractivity contribution is 6.09. The monoisotopic (exact) mass is 485 g/mol. The third-order valence-corrected chi connectivity index (χ3v) is 6.93. The van der Waals surface area contributed by atoms with Gasteiger partial charge in [0.1, 0.15) is 12.1 Å². The van der Waals surface area contributed by atoms with Crippen LogP contribution < -0.4 is 10.6 Å². The van der Waals surface area contributed by atoms with Crippen LogP contribution in [-0.2, 0) is 19.1 Å². The van der Waals surface area contributed by atoms with Crippen molar-refractivity contribution in [2.75, 3.05) is 18.5 Å². The second kappa shape index (κ2) is 10.6. The number of nitrogens with zero attached hydrogens (tertiary/aromatic N) is 1. The maximum Gasteiger partial charge on any atom is 0.326 e. The van der Waals surface area contributed by atoms with Gasteiger partial charge in [-0.2, -0.15) is 0 Å². The van der Waals surface area contributed by atoms with Gasteiger partial charge in [0.2, 0.25) is 5.91 Å². The van der Waals surface area contributed by atoms with Gasteiger partial charge in [-0.25, -0.2) is 4.79 Å². The molecule has 1 aromatic carbocycles. The number of imide groups is 1. The predicted molar refractivity (Wildman–Crippen MR) is 130 cm³/mol. The van der Waals surface area contributed by atoms with E-state index in [9.17, 15) is 24.0 Å². The molecule has 0 radical (unpaired) electrons. The first-order valence-corrected chi connectivity index (χ1v) is 12.2. The minimum absolute atomic E-state index is 0.106. The predicted octanol–water partition coefficient (Wildman–Crippen LogP) is 3.68. The molecule has 2 aliphatic rings. The molecule has 1 aliphatic heterocycles. The van der Waals surface area contributed by atoms with E-state index in [2.05, 4.69) is 31.4 Å². The lowest BCUT2D eigenvalue weighted by Crippen LogP contribution is -2.50. The number of Topliss-reactive ketones (excluding diaryl/α,β-unsaturated/α-hetero) is 1. The van der Waals surface area contributed by atoms with Gasteiger partial charge < -0.3 is 15.4 Å². The molecular weight excluding hydrogens is 450 g/mol. The number of nitrogens with one attached hydrogen (secondary N) is 2. The third kappa shape index (κ3) is 6.26. The van der Waals surface area contributed by atoms with Gasteiger partial charge in [-0.3, -0.25) is 24.1 Å². The van der Waals surface area contributed by atoms with Gasteiger partial charge in [0.15, 0.2) is 12.4 Å². The summed E-state index contributed by atoms with van der Waals surface area (Å²) in [6.45, 7) is 7.38. The van der Waals surface area contributed by atoms with Crippen molar-refractivity contribution in [1.82, 2.24) is 10.2 Å². The Balaban J connectivity index is 1.50. The van der Waals surface area contributed by atoms with Crippen molar-refractivity contribution >= 4 is 35.3 Å². The fourth-order valence-corrected chi connectivity index (χ4v) is 4.73. The van der Waals surface area contributed by atoms with Crippen LogP contribution in [-0.4, -0.2) is 53.2 Å². The minimum Gasteiger partial charge on any atom is -0.456 e. The Hall–Kier alpha value is -3.23. The molecule has 3 rings (SSSR count). The molecule has 0 atom stereocenters. The van der Waals surface area contributed by atoms with E-state index in [0.29, 0.717) is 36.4 Å². The molecule has 0 aromatic heterocycles. The van der Waals surface area contributed by atoms with Crippen molar-refractivity contribution in [3.05, 3.63) is 29.8 Å². The lowest BCUT2D eigenvalue weighted by atomic mass is 9.67. The van der Waals surface area contributed by atoms with Gasteiger partial charge >= 0.3 is 12.0 Å². The number of hydrogen-bond donors (Lipinski definition) is 2. The number of benzene rings is 1. The summed E-state index contributed by atoms with van der Waals surface area (Å²) >= 11 is 0. The van der Waals surface area contributed by atoms with E-state index in [1.165, 1.54) is 12.1 Å². The van der Waals surface area contributed by atoms with Crippen molar-refractivity contribution in [2.24, 2.45) is 11.3 Å². The lowest BCUT2D eigenvalue weighted by Gasteiger charge is -2.40. The number of hydrogen-bond acceptors (Lipinski definition) is 6. The number of rotatable bonds is 8. The number of ketones is 1. The van der Waals surface area contributed by atoms with E-state index in [4.69, 9.17) is 4.74 Å². The van der Waals surface area contributed by atoms with Gasteiger partial charge in [0.25, 0.3) is 5.91 Å². The number of esters is 1. The molecule has 190 valence electrons. The maximum atomic E-state index is 13.0. The molecule has 0 bridgehead atoms. The first-order valence-electron chi connectivity index (χ1n) is 12.2. The Labute approximate surface area is 205 Å². The molecule has 1 aromatic rings. The zero-order chi connectivity index (χ0) is 25.8. The fraction of sp³-hybridized carbons (Fsp3) is 0.577. The molecular formula is C26H35N3O6. The van der Waals surface area contributed by atoms with E-state index in [1.54, 1.807) is 12.1 Å². The Bertz CT molecular complexity index is 987. The molecule has 0 unspecified atom stereocenters. The largest absolute Gasteiger partial charge is 0.456 e. The molecule has 1 saturated heterocycles. The van der Waals surface area contributed by atoms with E-state index in [1.807, 2.05) is 6.92 Å². The summed E-state index contributed by atoms with van der Waals surface area (Å²) in [4.78, 5) is 62.7. The number of anilines is 1. The summed E-state index contributed by atoms with van der Waals surface area (Å²) in [5.74, 6) is -1.31. The Morgan fingerprint density at radius 1 is 1.11 bits per heavy atom. The molecule has 1 spiro atoms. The summed E-state index contributed by atoms with van der Waals surface area (Å²) in [5.41, 5.74) is 0.0624. The third-order valence-electron chi connectivity index (χ3n) is 6.93.